The summed E-state index contributed by atoms with van der Waals surface area (Å²) in [6.07, 6.45) is 3.66. The Morgan fingerprint density at radius 1 is 1.28 bits per heavy atom. The maximum atomic E-state index is 9.24. The van der Waals surface area contributed by atoms with Crippen molar-refractivity contribution >= 4 is 11.8 Å². The zero-order chi connectivity index (χ0) is 12.6. The van der Waals surface area contributed by atoms with Gasteiger partial charge >= 0.3 is 0 Å². The molecular formula is C15H23NOS. The highest BCUT2D eigenvalue weighted by atomic mass is 32.2. The average molecular weight is 265 g/mol. The van der Waals surface area contributed by atoms with Crippen LogP contribution in [0.2, 0.25) is 0 Å². The molecule has 0 spiro atoms. The fourth-order valence-electron chi connectivity index (χ4n) is 2.53. The van der Waals surface area contributed by atoms with Gasteiger partial charge in [-0.25, -0.2) is 0 Å². The smallest absolute Gasteiger partial charge is 0.0586 e. The van der Waals surface area contributed by atoms with Crippen molar-refractivity contribution in [2.75, 3.05) is 25.4 Å². The van der Waals surface area contributed by atoms with Crippen LogP contribution in [0.4, 0.5) is 0 Å². The van der Waals surface area contributed by atoms with Crippen LogP contribution in [0.15, 0.2) is 30.3 Å². The third-order valence-corrected chi connectivity index (χ3v) is 4.67. The number of rotatable bonds is 7. The quantitative estimate of drug-likeness (QED) is 0.767. The summed E-state index contributed by atoms with van der Waals surface area (Å²) >= 11 is 2.01. The van der Waals surface area contributed by atoms with Crippen molar-refractivity contribution in [3.05, 3.63) is 35.9 Å². The van der Waals surface area contributed by atoms with Crippen molar-refractivity contribution in [1.29, 1.82) is 0 Å². The van der Waals surface area contributed by atoms with E-state index in [1.807, 2.05) is 11.8 Å². The van der Waals surface area contributed by atoms with Crippen molar-refractivity contribution in [2.45, 2.75) is 31.1 Å². The molecule has 2 rings (SSSR count). The number of aliphatic hydroxyl groups is 1. The minimum atomic E-state index is 0.331. The monoisotopic (exact) mass is 265 g/mol. The van der Waals surface area contributed by atoms with Gasteiger partial charge in [0.2, 0.25) is 0 Å². The average Bonchev–Trinajstić information content (AvgIpc) is 2.87. The van der Waals surface area contributed by atoms with Gasteiger partial charge in [0.25, 0.3) is 0 Å². The lowest BCUT2D eigenvalue weighted by molar-refractivity contribution is 0.159. The number of hydrogen-bond donors (Lipinski definition) is 1. The topological polar surface area (TPSA) is 23.5 Å². The first-order valence-electron chi connectivity index (χ1n) is 6.86. The Bertz CT molecular complexity index is 331. The zero-order valence-corrected chi connectivity index (χ0v) is 11.7. The van der Waals surface area contributed by atoms with Crippen molar-refractivity contribution in [3.63, 3.8) is 0 Å². The molecule has 0 bridgehead atoms. The van der Waals surface area contributed by atoms with E-state index in [0.29, 0.717) is 12.6 Å². The lowest BCUT2D eigenvalue weighted by Gasteiger charge is -2.22. The molecule has 1 aliphatic heterocycles. The molecule has 0 radical (unpaired) electrons. The number of nitrogens with zero attached hydrogens (tertiary/aromatic N) is 1. The van der Waals surface area contributed by atoms with E-state index in [9.17, 15) is 5.11 Å². The SMILES string of the molecule is OCC1CCCN1CCCSCc1ccccc1. The van der Waals surface area contributed by atoms with E-state index in [2.05, 4.69) is 35.2 Å². The first-order chi connectivity index (χ1) is 8.90. The lowest BCUT2D eigenvalue weighted by atomic mass is 10.2. The first kappa shape index (κ1) is 13.9. The molecule has 0 saturated carbocycles. The Kier molecular flexibility index (Phi) is 6.05. The molecule has 18 heavy (non-hydrogen) atoms. The van der Waals surface area contributed by atoms with Crippen LogP contribution in [-0.4, -0.2) is 41.5 Å². The number of aliphatic hydroxyl groups excluding tert-OH is 1. The van der Waals surface area contributed by atoms with Crippen molar-refractivity contribution < 1.29 is 5.11 Å². The van der Waals surface area contributed by atoms with Gasteiger partial charge in [0.05, 0.1) is 6.61 Å². The Hall–Kier alpha value is -0.510. The highest BCUT2D eigenvalue weighted by molar-refractivity contribution is 7.98. The van der Waals surface area contributed by atoms with Crippen LogP contribution >= 0.6 is 11.8 Å². The van der Waals surface area contributed by atoms with Crippen LogP contribution in [0.5, 0.6) is 0 Å². The van der Waals surface area contributed by atoms with Crippen molar-refractivity contribution in [2.24, 2.45) is 0 Å². The Morgan fingerprint density at radius 2 is 2.11 bits per heavy atom. The molecule has 1 N–H and O–H groups in total. The molecule has 2 nitrogen and oxygen atoms in total. The van der Waals surface area contributed by atoms with E-state index in [-0.39, 0.29) is 0 Å². The van der Waals surface area contributed by atoms with E-state index in [4.69, 9.17) is 0 Å². The Labute approximate surface area is 114 Å². The second-order valence-electron chi connectivity index (χ2n) is 4.91. The second-order valence-corrected chi connectivity index (χ2v) is 6.01. The maximum absolute atomic E-state index is 9.24. The Balaban J connectivity index is 1.56. The minimum absolute atomic E-state index is 0.331. The molecule has 0 amide bonds. The molecule has 1 fully saturated rings. The van der Waals surface area contributed by atoms with Gasteiger partial charge in [-0.15, -0.1) is 0 Å². The molecule has 1 aromatic rings. The zero-order valence-electron chi connectivity index (χ0n) is 10.9. The number of thioether (sulfide) groups is 1. The number of likely N-dealkylation sites (tertiary alicyclic amines) is 1. The standard InChI is InChI=1S/C15H23NOS/c17-12-15-8-4-9-16(15)10-5-11-18-13-14-6-2-1-3-7-14/h1-3,6-7,15,17H,4-5,8-13H2. The van der Waals surface area contributed by atoms with Gasteiger partial charge in [-0.05, 0) is 43.7 Å². The third-order valence-electron chi connectivity index (χ3n) is 3.56. The molecule has 3 heteroatoms. The Morgan fingerprint density at radius 3 is 2.89 bits per heavy atom. The summed E-state index contributed by atoms with van der Waals surface area (Å²) in [5.41, 5.74) is 1.41. The van der Waals surface area contributed by atoms with Gasteiger partial charge in [-0.1, -0.05) is 30.3 Å². The lowest BCUT2D eigenvalue weighted by Crippen LogP contribution is -2.33. The van der Waals surface area contributed by atoms with E-state index < -0.39 is 0 Å². The van der Waals surface area contributed by atoms with Gasteiger partial charge < -0.3 is 5.11 Å². The highest BCUT2D eigenvalue weighted by Crippen LogP contribution is 2.18. The predicted octanol–water partition coefficient (Wildman–Crippen LogP) is 2.77. The molecular weight excluding hydrogens is 242 g/mol. The molecule has 1 atom stereocenters. The third kappa shape index (κ3) is 4.30. The van der Waals surface area contributed by atoms with E-state index in [1.54, 1.807) is 0 Å². The largest absolute Gasteiger partial charge is 0.395 e. The van der Waals surface area contributed by atoms with Crippen LogP contribution < -0.4 is 0 Å². The maximum Gasteiger partial charge on any atom is 0.0586 e. The molecule has 0 aliphatic carbocycles. The first-order valence-corrected chi connectivity index (χ1v) is 8.02. The summed E-state index contributed by atoms with van der Waals surface area (Å²) in [7, 11) is 0. The van der Waals surface area contributed by atoms with E-state index in [1.165, 1.54) is 37.1 Å². The molecule has 0 aromatic heterocycles. The molecule has 100 valence electrons. The van der Waals surface area contributed by atoms with Crippen LogP contribution in [0.25, 0.3) is 0 Å². The summed E-state index contributed by atoms with van der Waals surface area (Å²) < 4.78 is 0. The van der Waals surface area contributed by atoms with Crippen molar-refractivity contribution in [1.82, 2.24) is 4.90 Å². The number of hydrogen-bond acceptors (Lipinski definition) is 3. The predicted molar refractivity (Wildman–Crippen MR) is 78.9 cm³/mol. The van der Waals surface area contributed by atoms with Crippen LogP contribution in [0.1, 0.15) is 24.8 Å². The summed E-state index contributed by atoms with van der Waals surface area (Å²) in [6.45, 7) is 2.65. The second kappa shape index (κ2) is 7.82. The summed E-state index contributed by atoms with van der Waals surface area (Å²) in [6, 6.07) is 11.1. The highest BCUT2D eigenvalue weighted by Gasteiger charge is 2.22. The van der Waals surface area contributed by atoms with Crippen LogP contribution in [-0.2, 0) is 5.75 Å². The molecule has 1 aromatic carbocycles. The van der Waals surface area contributed by atoms with Crippen LogP contribution in [0.3, 0.4) is 0 Å². The fraction of sp³-hybridized carbons (Fsp3) is 0.600. The van der Waals surface area contributed by atoms with Gasteiger partial charge in [0.15, 0.2) is 0 Å². The summed E-state index contributed by atoms with van der Waals surface area (Å²) in [5.74, 6) is 2.33. The van der Waals surface area contributed by atoms with Gasteiger partial charge in [-0.2, -0.15) is 11.8 Å². The van der Waals surface area contributed by atoms with E-state index in [0.717, 1.165) is 12.3 Å². The fourth-order valence-corrected chi connectivity index (χ4v) is 3.44. The molecule has 1 heterocycles. The number of benzene rings is 1. The van der Waals surface area contributed by atoms with E-state index >= 15 is 0 Å². The van der Waals surface area contributed by atoms with Gasteiger partial charge in [0.1, 0.15) is 0 Å². The van der Waals surface area contributed by atoms with Gasteiger partial charge in [-0.3, -0.25) is 4.90 Å². The molecule has 1 saturated heterocycles. The normalized spacial score (nSPS) is 20.4. The summed E-state index contributed by atoms with van der Waals surface area (Å²) in [4.78, 5) is 2.45. The van der Waals surface area contributed by atoms with Crippen molar-refractivity contribution in [3.8, 4) is 0 Å². The summed E-state index contributed by atoms with van der Waals surface area (Å²) in [5, 5.41) is 9.24. The van der Waals surface area contributed by atoms with Gasteiger partial charge in [0, 0.05) is 11.8 Å². The van der Waals surface area contributed by atoms with Crippen LogP contribution in [0, 0.1) is 0 Å². The molecule has 1 unspecified atom stereocenters. The minimum Gasteiger partial charge on any atom is -0.395 e. The molecule has 1 aliphatic rings.